The van der Waals surface area contributed by atoms with Crippen LogP contribution in [0.1, 0.15) is 10.5 Å². The van der Waals surface area contributed by atoms with Gasteiger partial charge in [-0.25, -0.2) is 20.2 Å². The summed E-state index contributed by atoms with van der Waals surface area (Å²) >= 11 is 6.96. The highest BCUT2D eigenvalue weighted by Crippen LogP contribution is 2.16. The van der Waals surface area contributed by atoms with E-state index < -0.39 is 18.5 Å². The largest absolute Gasteiger partial charge is 0.479 e. The van der Waals surface area contributed by atoms with Crippen molar-refractivity contribution in [3.8, 4) is 0 Å². The third kappa shape index (κ3) is 4.17. The van der Waals surface area contributed by atoms with Crippen LogP contribution in [0.25, 0.3) is 0 Å². The maximum Gasteiger partial charge on any atom is 0.332 e. The Morgan fingerprint density at radius 2 is 2.35 bits per heavy atom. The first-order chi connectivity index (χ1) is 8.04. The molecule has 9 heteroatoms. The summed E-state index contributed by atoms with van der Waals surface area (Å²) in [7, 11) is 0. The van der Waals surface area contributed by atoms with Crippen molar-refractivity contribution in [2.75, 3.05) is 12.9 Å². The van der Waals surface area contributed by atoms with Crippen LogP contribution in [0.4, 0.5) is 0 Å². The number of halogens is 1. The molecule has 7 nitrogen and oxygen atoms in total. The van der Waals surface area contributed by atoms with Crippen LogP contribution in [0, 0.1) is 0 Å². The average molecular weight is 278 g/mol. The van der Waals surface area contributed by atoms with E-state index in [0.717, 1.165) is 0 Å². The van der Waals surface area contributed by atoms with Gasteiger partial charge >= 0.3 is 5.97 Å². The molecule has 1 aromatic heterocycles. The minimum absolute atomic E-state index is 0.0548. The van der Waals surface area contributed by atoms with Crippen molar-refractivity contribution >= 4 is 35.2 Å². The number of rotatable bonds is 5. The second kappa shape index (κ2) is 6.38. The second-order valence-electron chi connectivity index (χ2n) is 2.67. The minimum atomic E-state index is -1.20. The lowest BCUT2D eigenvalue weighted by molar-refractivity contribution is -0.144. The molecule has 0 aliphatic rings. The van der Waals surface area contributed by atoms with Crippen LogP contribution in [-0.4, -0.2) is 39.8 Å². The molecule has 0 radical (unpaired) electrons. The molecule has 0 saturated heterocycles. The van der Waals surface area contributed by atoms with Gasteiger partial charge in [0.05, 0.1) is 11.2 Å². The Hall–Kier alpha value is -1.38. The van der Waals surface area contributed by atoms with E-state index in [1.54, 1.807) is 6.26 Å². The van der Waals surface area contributed by atoms with E-state index in [-0.39, 0.29) is 10.7 Å². The Bertz CT molecular complexity index is 443. The summed E-state index contributed by atoms with van der Waals surface area (Å²) in [4.78, 5) is 33.8. The number of hydroxylamine groups is 1. The maximum absolute atomic E-state index is 11.5. The van der Waals surface area contributed by atoms with Gasteiger partial charge in [-0.15, -0.1) is 0 Å². The number of thioether (sulfide) groups is 1. The smallest absolute Gasteiger partial charge is 0.332 e. The summed E-state index contributed by atoms with van der Waals surface area (Å²) in [5.74, 6) is -1.93. The summed E-state index contributed by atoms with van der Waals surface area (Å²) < 4.78 is 0. The molecule has 0 aliphatic carbocycles. The summed E-state index contributed by atoms with van der Waals surface area (Å²) in [5.41, 5.74) is 1.85. The number of carboxylic acids is 1. The Labute approximate surface area is 105 Å². The van der Waals surface area contributed by atoms with Crippen molar-refractivity contribution in [2.24, 2.45) is 0 Å². The van der Waals surface area contributed by atoms with Crippen LogP contribution >= 0.6 is 23.4 Å². The van der Waals surface area contributed by atoms with Gasteiger partial charge in [0.1, 0.15) is 0 Å². The van der Waals surface area contributed by atoms with Crippen LogP contribution in [0.15, 0.2) is 11.4 Å². The van der Waals surface area contributed by atoms with E-state index in [1.807, 2.05) is 5.48 Å². The standard InChI is InChI=1S/C8H8ClN3O4S/c1-17-8-10-2-4(9)6(11-8)7(15)12-16-3-5(13)14/h2H,3H2,1H3,(H,12,15)(H,13,14). The molecular weight excluding hydrogens is 270 g/mol. The molecule has 0 saturated carbocycles. The molecule has 0 aliphatic heterocycles. The molecule has 0 bridgehead atoms. The third-order valence-electron chi connectivity index (χ3n) is 1.48. The van der Waals surface area contributed by atoms with E-state index in [4.69, 9.17) is 16.7 Å². The van der Waals surface area contributed by atoms with Crippen LogP contribution in [0.3, 0.4) is 0 Å². The van der Waals surface area contributed by atoms with Gasteiger partial charge in [-0.1, -0.05) is 23.4 Å². The molecule has 2 N–H and O–H groups in total. The molecule has 17 heavy (non-hydrogen) atoms. The quantitative estimate of drug-likeness (QED) is 0.461. The lowest BCUT2D eigenvalue weighted by Crippen LogP contribution is -2.27. The lowest BCUT2D eigenvalue weighted by atomic mass is 10.4. The highest BCUT2D eigenvalue weighted by molar-refractivity contribution is 7.98. The molecule has 0 unspecified atom stereocenters. The van der Waals surface area contributed by atoms with Gasteiger partial charge in [-0.3, -0.25) is 9.63 Å². The number of carboxylic acid groups (broad SMARTS) is 1. The first kappa shape index (κ1) is 13.7. The van der Waals surface area contributed by atoms with Crippen molar-refractivity contribution in [3.05, 3.63) is 16.9 Å². The predicted molar refractivity (Wildman–Crippen MR) is 59.9 cm³/mol. The fourth-order valence-electron chi connectivity index (χ4n) is 0.820. The molecule has 1 aromatic rings. The van der Waals surface area contributed by atoms with Gasteiger partial charge in [0.2, 0.25) is 0 Å². The number of nitrogens with one attached hydrogen (secondary N) is 1. The van der Waals surface area contributed by atoms with Crippen molar-refractivity contribution in [2.45, 2.75) is 5.16 Å². The average Bonchev–Trinajstić information content (AvgIpc) is 2.29. The fraction of sp³-hybridized carbons (Fsp3) is 0.250. The monoisotopic (exact) mass is 277 g/mol. The normalized spacial score (nSPS) is 10.0. The van der Waals surface area contributed by atoms with Crippen LogP contribution in [-0.2, 0) is 9.63 Å². The number of aliphatic carboxylic acids is 1. The van der Waals surface area contributed by atoms with Crippen LogP contribution in [0.5, 0.6) is 0 Å². The maximum atomic E-state index is 11.5. The molecular formula is C8H8ClN3O4S. The topological polar surface area (TPSA) is 101 Å². The molecule has 0 aromatic carbocycles. The van der Waals surface area contributed by atoms with E-state index in [1.165, 1.54) is 18.0 Å². The van der Waals surface area contributed by atoms with Crippen LogP contribution in [0.2, 0.25) is 5.02 Å². The Morgan fingerprint density at radius 3 is 2.94 bits per heavy atom. The van der Waals surface area contributed by atoms with E-state index in [0.29, 0.717) is 5.16 Å². The van der Waals surface area contributed by atoms with E-state index >= 15 is 0 Å². The van der Waals surface area contributed by atoms with Crippen molar-refractivity contribution in [3.63, 3.8) is 0 Å². The number of amides is 1. The highest BCUT2D eigenvalue weighted by atomic mass is 35.5. The zero-order valence-electron chi connectivity index (χ0n) is 8.64. The van der Waals surface area contributed by atoms with E-state index in [2.05, 4.69) is 14.8 Å². The zero-order valence-corrected chi connectivity index (χ0v) is 10.2. The second-order valence-corrected chi connectivity index (χ2v) is 3.85. The number of aromatic nitrogens is 2. The first-order valence-electron chi connectivity index (χ1n) is 4.25. The summed E-state index contributed by atoms with van der Waals surface area (Å²) in [6.07, 6.45) is 3.03. The van der Waals surface area contributed by atoms with Gasteiger partial charge in [-0.2, -0.15) is 0 Å². The highest BCUT2D eigenvalue weighted by Gasteiger charge is 2.14. The van der Waals surface area contributed by atoms with Gasteiger partial charge in [0.25, 0.3) is 5.91 Å². The third-order valence-corrected chi connectivity index (χ3v) is 2.32. The number of carbonyl (C=O) groups excluding carboxylic acids is 1. The van der Waals surface area contributed by atoms with Gasteiger partial charge < -0.3 is 5.11 Å². The van der Waals surface area contributed by atoms with Crippen LogP contribution < -0.4 is 5.48 Å². The number of carbonyl (C=O) groups is 2. The van der Waals surface area contributed by atoms with Crippen molar-refractivity contribution in [1.29, 1.82) is 0 Å². The fourth-order valence-corrected chi connectivity index (χ4v) is 1.34. The van der Waals surface area contributed by atoms with Crippen molar-refractivity contribution < 1.29 is 19.5 Å². The summed E-state index contributed by atoms with van der Waals surface area (Å²) in [5, 5.41) is 8.73. The molecule has 1 rings (SSSR count). The molecule has 1 amide bonds. The minimum Gasteiger partial charge on any atom is -0.479 e. The Morgan fingerprint density at radius 1 is 1.65 bits per heavy atom. The zero-order chi connectivity index (χ0) is 12.8. The SMILES string of the molecule is CSc1ncc(Cl)c(C(=O)NOCC(=O)O)n1. The van der Waals surface area contributed by atoms with Gasteiger partial charge in [-0.05, 0) is 6.26 Å². The molecule has 0 spiro atoms. The first-order valence-corrected chi connectivity index (χ1v) is 5.85. The number of nitrogens with zero attached hydrogens (tertiary/aromatic N) is 2. The predicted octanol–water partition coefficient (Wildman–Crippen LogP) is 0.598. The van der Waals surface area contributed by atoms with Gasteiger partial charge in [0.15, 0.2) is 17.5 Å². The van der Waals surface area contributed by atoms with Gasteiger partial charge in [0, 0.05) is 0 Å². The number of hydrogen-bond donors (Lipinski definition) is 2. The Kier molecular flexibility index (Phi) is 5.13. The lowest BCUT2D eigenvalue weighted by Gasteiger charge is -2.05. The molecule has 92 valence electrons. The molecule has 0 fully saturated rings. The Balaban J connectivity index is 2.70. The molecule has 1 heterocycles. The number of hydrogen-bond acceptors (Lipinski definition) is 6. The van der Waals surface area contributed by atoms with E-state index in [9.17, 15) is 9.59 Å². The summed E-state index contributed by atoms with van der Waals surface area (Å²) in [6, 6.07) is 0. The van der Waals surface area contributed by atoms with Crippen molar-refractivity contribution in [1.82, 2.24) is 15.4 Å². The molecule has 0 atom stereocenters. The summed E-state index contributed by atoms with van der Waals surface area (Å²) in [6.45, 7) is -0.649.